The summed E-state index contributed by atoms with van der Waals surface area (Å²) in [6, 6.07) is 2.24. The average Bonchev–Trinajstić information content (AvgIpc) is 2.30. The van der Waals surface area contributed by atoms with E-state index in [2.05, 4.69) is 52.5 Å². The van der Waals surface area contributed by atoms with E-state index in [1.807, 2.05) is 13.8 Å². The molecule has 1 N–H and O–H groups in total. The zero-order valence-corrected chi connectivity index (χ0v) is 18.0. The van der Waals surface area contributed by atoms with Gasteiger partial charge in [0.25, 0.3) is 0 Å². The smallest absolute Gasteiger partial charge is 1.00 e. The summed E-state index contributed by atoms with van der Waals surface area (Å²) in [5, 5.41) is 0. The van der Waals surface area contributed by atoms with Crippen LogP contribution in [0.3, 0.4) is 0 Å². The van der Waals surface area contributed by atoms with E-state index in [-0.39, 0.29) is 60.5 Å². The van der Waals surface area contributed by atoms with Crippen molar-refractivity contribution in [2.24, 2.45) is 0 Å². The molecule has 0 bridgehead atoms. The molecular weight excluding hydrogens is 341 g/mol. The Morgan fingerprint density at radius 1 is 1.15 bits per heavy atom. The Morgan fingerprint density at radius 3 is 1.60 bits per heavy atom. The van der Waals surface area contributed by atoms with Crippen LogP contribution < -0.4 is 24.8 Å². The minimum Gasteiger partial charge on any atom is -1.00 e. The van der Waals surface area contributed by atoms with Gasteiger partial charge in [0.15, 0.2) is 0 Å². The normalized spacial score (nSPS) is 9.05. The Bertz CT molecular complexity index is 380. The van der Waals surface area contributed by atoms with Crippen LogP contribution in [0.2, 0.25) is 13.1 Å². The molecule has 0 unspecified atom stereocenters. The number of halogens is 2. The molecule has 0 radical (unpaired) electrons. The van der Waals surface area contributed by atoms with Gasteiger partial charge in [0, 0.05) is 0 Å². The van der Waals surface area contributed by atoms with Gasteiger partial charge in [-0.2, -0.15) is 28.3 Å². The van der Waals surface area contributed by atoms with E-state index in [4.69, 9.17) is 5.73 Å². The molecular formula is C15H27Cl2NSiTi. The Hall–Kier alpha value is 0.691. The SMILES string of the molecule is C[Si](C)=CC(C)(C)[NH-].Cc1c[c-](C)c(C)c1C.[Cl-].[Cl-].[Ti+4]. The maximum atomic E-state index is 7.43. The third-order valence-electron chi connectivity index (χ3n) is 2.83. The first kappa shape index (κ1) is 28.8. The van der Waals surface area contributed by atoms with Crippen LogP contribution in [0, 0.1) is 27.7 Å². The zero-order chi connectivity index (χ0) is 13.8. The predicted octanol–water partition coefficient (Wildman–Crippen LogP) is -1.40. The van der Waals surface area contributed by atoms with Crippen LogP contribution in [0.15, 0.2) is 6.07 Å². The van der Waals surface area contributed by atoms with E-state index in [0.717, 1.165) is 0 Å². The van der Waals surface area contributed by atoms with Gasteiger partial charge in [-0.05, 0) is 8.41 Å². The molecule has 1 aromatic rings. The average molecular weight is 368 g/mol. The Morgan fingerprint density at radius 2 is 1.55 bits per heavy atom. The Labute approximate surface area is 154 Å². The predicted molar refractivity (Wildman–Crippen MR) is 82.9 cm³/mol. The van der Waals surface area contributed by atoms with Crippen molar-refractivity contribution in [1.82, 2.24) is 0 Å². The fraction of sp³-hybridized carbons (Fsp3) is 0.600. The third-order valence-corrected chi connectivity index (χ3v) is 4.13. The molecule has 0 saturated heterocycles. The van der Waals surface area contributed by atoms with Gasteiger partial charge in [0.1, 0.15) is 0 Å². The van der Waals surface area contributed by atoms with Crippen LogP contribution in [0.4, 0.5) is 0 Å². The van der Waals surface area contributed by atoms with Crippen LogP contribution in [0.5, 0.6) is 0 Å². The molecule has 1 nitrogen and oxygen atoms in total. The van der Waals surface area contributed by atoms with Gasteiger partial charge in [0.05, 0.1) is 0 Å². The maximum absolute atomic E-state index is 7.43. The molecule has 0 aliphatic heterocycles. The minimum atomic E-state index is -0.308. The molecule has 5 heteroatoms. The van der Waals surface area contributed by atoms with E-state index in [0.29, 0.717) is 0 Å². The van der Waals surface area contributed by atoms with Gasteiger partial charge < -0.3 is 30.5 Å². The molecule has 0 amide bonds. The van der Waals surface area contributed by atoms with Gasteiger partial charge in [-0.25, -0.2) is 0 Å². The molecule has 0 fully saturated rings. The van der Waals surface area contributed by atoms with Gasteiger partial charge in [-0.1, -0.05) is 54.6 Å². The molecule has 20 heavy (non-hydrogen) atoms. The van der Waals surface area contributed by atoms with E-state index >= 15 is 0 Å². The maximum Gasteiger partial charge on any atom is 4.00 e. The number of hydrogen-bond donors (Lipinski definition) is 0. The summed E-state index contributed by atoms with van der Waals surface area (Å²) in [6.45, 7) is 16.9. The summed E-state index contributed by atoms with van der Waals surface area (Å²) in [4.78, 5) is 0. The monoisotopic (exact) mass is 367 g/mol. The van der Waals surface area contributed by atoms with Gasteiger partial charge in [-0.3, -0.25) is 0 Å². The second-order valence-corrected chi connectivity index (χ2v) is 8.15. The summed E-state index contributed by atoms with van der Waals surface area (Å²) in [5.74, 6) is 0. The largest absolute Gasteiger partial charge is 4.00 e. The van der Waals surface area contributed by atoms with Crippen LogP contribution in [0.25, 0.3) is 5.73 Å². The topological polar surface area (TPSA) is 23.8 Å². The summed E-state index contributed by atoms with van der Waals surface area (Å²) in [7, 11) is -0.305. The standard InChI is InChI=1S/C9H13.C6H14NSi.2ClH.Ti/c1-6-5-7(2)9(4)8(6)3;1-6(2,7)5-8(3)4;;;/h5H,1-4H3;5,7H,1-4H3;2*1H;/q2*-1;;;+4/p-2. The van der Waals surface area contributed by atoms with Crippen LogP contribution in [-0.4, -0.2) is 19.6 Å². The fourth-order valence-electron chi connectivity index (χ4n) is 1.85. The molecule has 0 spiro atoms. The first-order valence-electron chi connectivity index (χ1n) is 6.15. The van der Waals surface area contributed by atoms with Crippen molar-refractivity contribution in [3.05, 3.63) is 34.1 Å². The van der Waals surface area contributed by atoms with Crippen LogP contribution in [0.1, 0.15) is 36.1 Å². The minimum absolute atomic E-state index is 0. The van der Waals surface area contributed by atoms with Crippen molar-refractivity contribution in [2.75, 3.05) is 0 Å². The third kappa shape index (κ3) is 12.4. The second-order valence-electron chi connectivity index (χ2n) is 5.70. The number of rotatable bonds is 1. The molecule has 114 valence electrons. The van der Waals surface area contributed by atoms with E-state index in [1.165, 1.54) is 22.3 Å². The molecule has 0 heterocycles. The quantitative estimate of drug-likeness (QED) is 0.430. The van der Waals surface area contributed by atoms with Crippen LogP contribution in [-0.2, 0) is 21.7 Å². The summed E-state index contributed by atoms with van der Waals surface area (Å²) in [6.07, 6.45) is 0. The zero-order valence-electron chi connectivity index (χ0n) is 13.9. The molecule has 0 atom stereocenters. The molecule has 0 saturated carbocycles. The van der Waals surface area contributed by atoms with Crippen molar-refractivity contribution in [2.45, 2.75) is 60.2 Å². The van der Waals surface area contributed by atoms with Crippen molar-refractivity contribution >= 4 is 14.1 Å². The first-order valence-corrected chi connectivity index (χ1v) is 8.73. The van der Waals surface area contributed by atoms with Crippen LogP contribution >= 0.6 is 0 Å². The molecule has 1 rings (SSSR count). The molecule has 0 aliphatic rings. The van der Waals surface area contributed by atoms with E-state index < -0.39 is 0 Å². The molecule has 1 aromatic carbocycles. The van der Waals surface area contributed by atoms with Crippen molar-refractivity contribution in [3.63, 3.8) is 0 Å². The fourth-order valence-corrected chi connectivity index (χ4v) is 3.30. The van der Waals surface area contributed by atoms with Crippen molar-refractivity contribution in [1.29, 1.82) is 0 Å². The molecule has 0 aliphatic carbocycles. The van der Waals surface area contributed by atoms with Gasteiger partial charge >= 0.3 is 21.7 Å². The second kappa shape index (κ2) is 12.3. The summed E-state index contributed by atoms with van der Waals surface area (Å²) < 4.78 is 0. The van der Waals surface area contributed by atoms with E-state index in [1.54, 1.807) is 0 Å². The van der Waals surface area contributed by atoms with Crippen molar-refractivity contribution < 1.29 is 46.5 Å². The van der Waals surface area contributed by atoms with Gasteiger partial charge in [0.2, 0.25) is 0 Å². The number of hydrogen-bond acceptors (Lipinski definition) is 0. The number of aryl methyl sites for hydroxylation is 2. The Balaban J connectivity index is -0.000000112. The summed E-state index contributed by atoms with van der Waals surface area (Å²) in [5.41, 5.74) is 15.0. The van der Waals surface area contributed by atoms with Crippen molar-refractivity contribution in [3.8, 4) is 0 Å². The van der Waals surface area contributed by atoms with E-state index in [9.17, 15) is 0 Å². The first-order chi connectivity index (χ1) is 7.54. The Kier molecular flexibility index (Phi) is 17.6. The summed E-state index contributed by atoms with van der Waals surface area (Å²) >= 11 is 0. The van der Waals surface area contributed by atoms with Gasteiger partial charge in [-0.15, -0.1) is 11.2 Å². The number of nitrogens with one attached hydrogen (secondary N) is 1. The molecule has 0 aromatic heterocycles.